The highest BCUT2D eigenvalue weighted by atomic mass is 16.5. The maximum Gasteiger partial charge on any atom is 0.124 e. The molecule has 0 radical (unpaired) electrons. The number of nitrogens with one attached hydrogen (secondary N) is 1. The van der Waals surface area contributed by atoms with Gasteiger partial charge in [0.15, 0.2) is 0 Å². The molecule has 16 heavy (non-hydrogen) atoms. The van der Waals surface area contributed by atoms with Gasteiger partial charge in [-0.25, -0.2) is 0 Å². The largest absolute Gasteiger partial charge is 0.360 e. The summed E-state index contributed by atoms with van der Waals surface area (Å²) < 4.78 is 5.67. The van der Waals surface area contributed by atoms with E-state index in [2.05, 4.69) is 50.4 Å². The average molecular weight is 221 g/mol. The molecule has 1 aromatic carbocycles. The first-order valence-electron chi connectivity index (χ1n) is 6.24. The quantitative estimate of drug-likeness (QED) is 0.558. The fourth-order valence-electron chi connectivity index (χ4n) is 1.63. The third-order valence-electron chi connectivity index (χ3n) is 2.62. The lowest BCUT2D eigenvalue weighted by Gasteiger charge is -2.18. The van der Waals surface area contributed by atoms with Crippen molar-refractivity contribution in [1.29, 1.82) is 0 Å². The molecule has 0 saturated heterocycles. The SMILES string of the molecule is CCCCOC(C)Nc1ccccc1CC. The first-order valence-corrected chi connectivity index (χ1v) is 6.24. The van der Waals surface area contributed by atoms with Gasteiger partial charge < -0.3 is 10.1 Å². The minimum absolute atomic E-state index is 0.0826. The highest BCUT2D eigenvalue weighted by molar-refractivity contribution is 5.51. The molecule has 0 aliphatic carbocycles. The molecule has 1 rings (SSSR count). The first-order chi connectivity index (χ1) is 7.77. The van der Waals surface area contributed by atoms with Crippen LogP contribution in [0.5, 0.6) is 0 Å². The standard InChI is InChI=1S/C14H23NO/c1-4-6-11-16-12(3)15-14-10-8-7-9-13(14)5-2/h7-10,12,15H,4-6,11H2,1-3H3. The number of hydrogen-bond acceptors (Lipinski definition) is 2. The van der Waals surface area contributed by atoms with E-state index in [1.807, 2.05) is 0 Å². The van der Waals surface area contributed by atoms with E-state index in [0.29, 0.717) is 0 Å². The molecule has 0 heterocycles. The molecule has 0 aromatic heterocycles. The third-order valence-corrected chi connectivity index (χ3v) is 2.62. The Kier molecular flexibility index (Phi) is 5.94. The second-order valence-corrected chi connectivity index (χ2v) is 4.02. The normalized spacial score (nSPS) is 12.4. The summed E-state index contributed by atoms with van der Waals surface area (Å²) in [7, 11) is 0. The number of para-hydroxylation sites is 1. The lowest BCUT2D eigenvalue weighted by Crippen LogP contribution is -2.20. The predicted molar refractivity (Wildman–Crippen MR) is 69.8 cm³/mol. The zero-order valence-electron chi connectivity index (χ0n) is 10.6. The molecule has 1 unspecified atom stereocenters. The van der Waals surface area contributed by atoms with Crippen LogP contribution in [-0.2, 0) is 11.2 Å². The van der Waals surface area contributed by atoms with Crippen molar-refractivity contribution in [2.45, 2.75) is 46.3 Å². The van der Waals surface area contributed by atoms with Gasteiger partial charge >= 0.3 is 0 Å². The van der Waals surface area contributed by atoms with Crippen molar-refractivity contribution in [1.82, 2.24) is 0 Å². The van der Waals surface area contributed by atoms with Crippen LogP contribution in [0.3, 0.4) is 0 Å². The fourth-order valence-corrected chi connectivity index (χ4v) is 1.63. The molecule has 1 N–H and O–H groups in total. The third kappa shape index (κ3) is 4.23. The van der Waals surface area contributed by atoms with Crippen molar-refractivity contribution < 1.29 is 4.74 Å². The molecule has 0 aliphatic rings. The molecular formula is C14H23NO. The van der Waals surface area contributed by atoms with E-state index in [-0.39, 0.29) is 6.23 Å². The highest BCUT2D eigenvalue weighted by Crippen LogP contribution is 2.16. The summed E-state index contributed by atoms with van der Waals surface area (Å²) in [6, 6.07) is 8.40. The molecule has 0 aliphatic heterocycles. The number of benzene rings is 1. The maximum atomic E-state index is 5.67. The molecule has 90 valence electrons. The number of hydrogen-bond donors (Lipinski definition) is 1. The molecule has 2 heteroatoms. The van der Waals surface area contributed by atoms with Gasteiger partial charge in [-0.3, -0.25) is 0 Å². The van der Waals surface area contributed by atoms with Gasteiger partial charge in [-0.2, -0.15) is 0 Å². The lowest BCUT2D eigenvalue weighted by atomic mass is 10.1. The Labute approximate surface area is 99.0 Å². The van der Waals surface area contributed by atoms with Crippen LogP contribution in [0.25, 0.3) is 0 Å². The first kappa shape index (κ1) is 13.0. The molecule has 1 atom stereocenters. The zero-order valence-corrected chi connectivity index (χ0v) is 10.6. The van der Waals surface area contributed by atoms with E-state index in [1.54, 1.807) is 0 Å². The van der Waals surface area contributed by atoms with E-state index in [0.717, 1.165) is 19.4 Å². The molecule has 0 amide bonds. The van der Waals surface area contributed by atoms with Gasteiger partial charge in [0.25, 0.3) is 0 Å². The Balaban J connectivity index is 2.45. The fraction of sp³-hybridized carbons (Fsp3) is 0.571. The number of rotatable bonds is 7. The second-order valence-electron chi connectivity index (χ2n) is 4.02. The molecule has 0 bridgehead atoms. The maximum absolute atomic E-state index is 5.67. The molecule has 1 aromatic rings. The topological polar surface area (TPSA) is 21.3 Å². The van der Waals surface area contributed by atoms with E-state index in [4.69, 9.17) is 4.74 Å². The van der Waals surface area contributed by atoms with Crippen LogP contribution < -0.4 is 5.32 Å². The minimum Gasteiger partial charge on any atom is -0.360 e. The second kappa shape index (κ2) is 7.29. The highest BCUT2D eigenvalue weighted by Gasteiger charge is 2.04. The summed E-state index contributed by atoms with van der Waals surface area (Å²) in [6.45, 7) is 7.23. The van der Waals surface area contributed by atoms with Crippen molar-refractivity contribution >= 4 is 5.69 Å². The van der Waals surface area contributed by atoms with Gasteiger partial charge in [-0.1, -0.05) is 38.5 Å². The molecule has 0 spiro atoms. The minimum atomic E-state index is 0.0826. The van der Waals surface area contributed by atoms with Crippen molar-refractivity contribution in [2.24, 2.45) is 0 Å². The van der Waals surface area contributed by atoms with Crippen molar-refractivity contribution in [3.63, 3.8) is 0 Å². The van der Waals surface area contributed by atoms with Crippen molar-refractivity contribution in [3.8, 4) is 0 Å². The van der Waals surface area contributed by atoms with Crippen LogP contribution in [0.2, 0.25) is 0 Å². The number of anilines is 1. The Morgan fingerprint density at radius 1 is 1.25 bits per heavy atom. The van der Waals surface area contributed by atoms with E-state index < -0.39 is 0 Å². The Morgan fingerprint density at radius 2 is 2.00 bits per heavy atom. The molecular weight excluding hydrogens is 198 g/mol. The number of unbranched alkanes of at least 4 members (excludes halogenated alkanes) is 1. The number of ether oxygens (including phenoxy) is 1. The lowest BCUT2D eigenvalue weighted by molar-refractivity contribution is 0.0825. The van der Waals surface area contributed by atoms with Crippen LogP contribution >= 0.6 is 0 Å². The van der Waals surface area contributed by atoms with Crippen molar-refractivity contribution in [2.75, 3.05) is 11.9 Å². The summed E-state index contributed by atoms with van der Waals surface area (Å²) in [4.78, 5) is 0. The summed E-state index contributed by atoms with van der Waals surface area (Å²) in [5.74, 6) is 0. The van der Waals surface area contributed by atoms with Gasteiger partial charge in [0.05, 0.1) is 0 Å². The van der Waals surface area contributed by atoms with E-state index >= 15 is 0 Å². The van der Waals surface area contributed by atoms with Gasteiger partial charge in [0, 0.05) is 12.3 Å². The summed E-state index contributed by atoms with van der Waals surface area (Å²) in [5.41, 5.74) is 2.53. The summed E-state index contributed by atoms with van der Waals surface area (Å²) >= 11 is 0. The molecule has 0 fully saturated rings. The summed E-state index contributed by atoms with van der Waals surface area (Å²) in [5, 5.41) is 3.40. The average Bonchev–Trinajstić information content (AvgIpc) is 2.30. The Bertz CT molecular complexity index is 299. The molecule has 2 nitrogen and oxygen atoms in total. The van der Waals surface area contributed by atoms with Crippen LogP contribution in [0.15, 0.2) is 24.3 Å². The van der Waals surface area contributed by atoms with Gasteiger partial charge in [-0.15, -0.1) is 0 Å². The van der Waals surface area contributed by atoms with E-state index in [1.165, 1.54) is 17.7 Å². The zero-order chi connectivity index (χ0) is 11.8. The van der Waals surface area contributed by atoms with Gasteiger partial charge in [-0.05, 0) is 31.4 Å². The monoisotopic (exact) mass is 221 g/mol. The van der Waals surface area contributed by atoms with Gasteiger partial charge in [0.1, 0.15) is 6.23 Å². The van der Waals surface area contributed by atoms with Crippen molar-refractivity contribution in [3.05, 3.63) is 29.8 Å². The van der Waals surface area contributed by atoms with Crippen LogP contribution in [0.1, 0.15) is 39.2 Å². The predicted octanol–water partition coefficient (Wildman–Crippen LogP) is 3.82. The van der Waals surface area contributed by atoms with Crippen LogP contribution in [0.4, 0.5) is 5.69 Å². The van der Waals surface area contributed by atoms with E-state index in [9.17, 15) is 0 Å². The van der Waals surface area contributed by atoms with Gasteiger partial charge in [0.2, 0.25) is 0 Å². The Morgan fingerprint density at radius 3 is 2.69 bits per heavy atom. The Hall–Kier alpha value is -1.02. The van der Waals surface area contributed by atoms with Crippen LogP contribution in [0, 0.1) is 0 Å². The molecule has 0 saturated carbocycles. The smallest absolute Gasteiger partial charge is 0.124 e. The number of aryl methyl sites for hydroxylation is 1. The summed E-state index contributed by atoms with van der Waals surface area (Å²) in [6.07, 6.45) is 3.43. The van der Waals surface area contributed by atoms with Crippen LogP contribution in [-0.4, -0.2) is 12.8 Å².